The second-order valence-corrected chi connectivity index (χ2v) is 5.68. The van der Waals surface area contributed by atoms with Gasteiger partial charge in [0.2, 0.25) is 0 Å². The minimum atomic E-state index is -0.851. The van der Waals surface area contributed by atoms with Crippen LogP contribution >= 0.6 is 0 Å². The number of hydrogen-bond donors (Lipinski definition) is 1. The molecule has 3 heteroatoms. The molecule has 19 heavy (non-hydrogen) atoms. The van der Waals surface area contributed by atoms with E-state index in [9.17, 15) is 4.79 Å². The van der Waals surface area contributed by atoms with E-state index in [1.165, 1.54) is 32.1 Å². The molecule has 104 valence electrons. The molecule has 0 amide bonds. The molecule has 0 saturated heterocycles. The Bertz CT molecular complexity index is 425. The van der Waals surface area contributed by atoms with Crippen molar-refractivity contribution in [2.75, 3.05) is 13.6 Å². The molecule has 0 spiro atoms. The van der Waals surface area contributed by atoms with E-state index in [2.05, 4.69) is 11.9 Å². The topological polar surface area (TPSA) is 40.5 Å². The molecule has 0 atom stereocenters. The van der Waals surface area contributed by atoms with Crippen molar-refractivity contribution in [1.29, 1.82) is 0 Å². The fourth-order valence-corrected chi connectivity index (χ4v) is 2.90. The lowest BCUT2D eigenvalue weighted by atomic mass is 10.0. The lowest BCUT2D eigenvalue weighted by molar-refractivity contribution is 0.0696. The van der Waals surface area contributed by atoms with E-state index in [0.29, 0.717) is 5.56 Å². The van der Waals surface area contributed by atoms with Gasteiger partial charge in [-0.05, 0) is 43.6 Å². The summed E-state index contributed by atoms with van der Waals surface area (Å²) in [4.78, 5) is 13.2. The molecule has 0 aliphatic heterocycles. The molecule has 0 bridgehead atoms. The molecule has 1 aliphatic rings. The van der Waals surface area contributed by atoms with Crippen LogP contribution in [0, 0.1) is 5.92 Å². The van der Waals surface area contributed by atoms with Gasteiger partial charge in [-0.2, -0.15) is 0 Å². The number of aromatic carboxylic acids is 1. The Morgan fingerprint density at radius 2 is 2.11 bits per heavy atom. The molecule has 1 aromatic rings. The highest BCUT2D eigenvalue weighted by atomic mass is 16.4. The monoisotopic (exact) mass is 261 g/mol. The van der Waals surface area contributed by atoms with Gasteiger partial charge in [0.1, 0.15) is 0 Å². The minimum Gasteiger partial charge on any atom is -0.478 e. The number of carboxylic acid groups (broad SMARTS) is 1. The van der Waals surface area contributed by atoms with Crippen LogP contribution in [0.4, 0.5) is 0 Å². The summed E-state index contributed by atoms with van der Waals surface area (Å²) in [5.74, 6) is 0.0586. The van der Waals surface area contributed by atoms with Crippen LogP contribution in [0.25, 0.3) is 0 Å². The van der Waals surface area contributed by atoms with Crippen LogP contribution in [-0.2, 0) is 6.54 Å². The first-order valence-electron chi connectivity index (χ1n) is 7.16. The number of carbonyl (C=O) groups is 1. The van der Waals surface area contributed by atoms with E-state index in [-0.39, 0.29) is 0 Å². The van der Waals surface area contributed by atoms with Crippen LogP contribution < -0.4 is 0 Å². The summed E-state index contributed by atoms with van der Waals surface area (Å²) in [5.41, 5.74) is 1.45. The number of rotatable bonds is 6. The molecule has 1 saturated carbocycles. The first-order chi connectivity index (χ1) is 9.15. The van der Waals surface area contributed by atoms with Gasteiger partial charge in [-0.3, -0.25) is 0 Å². The zero-order chi connectivity index (χ0) is 13.7. The maximum atomic E-state index is 10.9. The highest BCUT2D eigenvalue weighted by Gasteiger charge is 2.15. The molecule has 0 unspecified atom stereocenters. The van der Waals surface area contributed by atoms with Crippen molar-refractivity contribution < 1.29 is 9.90 Å². The quantitative estimate of drug-likeness (QED) is 0.853. The highest BCUT2D eigenvalue weighted by Crippen LogP contribution is 2.27. The minimum absolute atomic E-state index is 0.377. The van der Waals surface area contributed by atoms with Gasteiger partial charge in [-0.1, -0.05) is 37.8 Å². The first-order valence-corrected chi connectivity index (χ1v) is 7.16. The summed E-state index contributed by atoms with van der Waals surface area (Å²) in [6.45, 7) is 1.93. The van der Waals surface area contributed by atoms with Crippen LogP contribution in [0.2, 0.25) is 0 Å². The van der Waals surface area contributed by atoms with Crippen molar-refractivity contribution in [1.82, 2.24) is 4.90 Å². The Labute approximate surface area is 115 Å². The Morgan fingerprint density at radius 1 is 1.37 bits per heavy atom. The summed E-state index contributed by atoms with van der Waals surface area (Å²) >= 11 is 0. The fourth-order valence-electron chi connectivity index (χ4n) is 2.90. The average molecular weight is 261 g/mol. The lowest BCUT2D eigenvalue weighted by Gasteiger charge is -2.19. The number of nitrogens with zero attached hydrogens (tertiary/aromatic N) is 1. The van der Waals surface area contributed by atoms with Crippen LogP contribution in [0.3, 0.4) is 0 Å². The number of hydrogen-bond acceptors (Lipinski definition) is 2. The van der Waals surface area contributed by atoms with Crippen LogP contribution in [0.1, 0.15) is 48.0 Å². The third-order valence-electron chi connectivity index (χ3n) is 4.02. The maximum Gasteiger partial charge on any atom is 0.335 e. The second kappa shape index (κ2) is 6.71. The predicted molar refractivity (Wildman–Crippen MR) is 76.3 cm³/mol. The highest BCUT2D eigenvalue weighted by molar-refractivity contribution is 5.87. The average Bonchev–Trinajstić information content (AvgIpc) is 2.90. The van der Waals surface area contributed by atoms with Crippen molar-refractivity contribution in [3.8, 4) is 0 Å². The lowest BCUT2D eigenvalue weighted by Crippen LogP contribution is -2.21. The summed E-state index contributed by atoms with van der Waals surface area (Å²) in [6, 6.07) is 7.24. The van der Waals surface area contributed by atoms with Gasteiger partial charge < -0.3 is 10.0 Å². The van der Waals surface area contributed by atoms with Crippen molar-refractivity contribution in [3.05, 3.63) is 35.4 Å². The molecule has 1 fully saturated rings. The Morgan fingerprint density at radius 3 is 2.79 bits per heavy atom. The predicted octanol–water partition coefficient (Wildman–Crippen LogP) is 3.40. The zero-order valence-electron chi connectivity index (χ0n) is 11.6. The van der Waals surface area contributed by atoms with Gasteiger partial charge in [0.25, 0.3) is 0 Å². The Balaban J connectivity index is 1.82. The molecule has 3 nitrogen and oxygen atoms in total. The summed E-state index contributed by atoms with van der Waals surface area (Å²) in [6.07, 6.45) is 6.85. The van der Waals surface area contributed by atoms with Crippen molar-refractivity contribution in [2.24, 2.45) is 5.92 Å². The molecule has 1 aromatic carbocycles. The SMILES string of the molecule is CN(CCC1CCCC1)Cc1cccc(C(=O)O)c1. The Kier molecular flexibility index (Phi) is 4.97. The normalized spacial score (nSPS) is 16.1. The van der Waals surface area contributed by atoms with Crippen LogP contribution in [-0.4, -0.2) is 29.6 Å². The largest absolute Gasteiger partial charge is 0.478 e. The fraction of sp³-hybridized carbons (Fsp3) is 0.562. The van der Waals surface area contributed by atoms with Gasteiger partial charge in [0.05, 0.1) is 5.56 Å². The number of benzene rings is 1. The van der Waals surface area contributed by atoms with Gasteiger partial charge >= 0.3 is 5.97 Å². The zero-order valence-corrected chi connectivity index (χ0v) is 11.6. The smallest absolute Gasteiger partial charge is 0.335 e. The van der Waals surface area contributed by atoms with E-state index >= 15 is 0 Å². The molecular formula is C16H23NO2. The summed E-state index contributed by atoms with van der Waals surface area (Å²) < 4.78 is 0. The van der Waals surface area contributed by atoms with Gasteiger partial charge in [-0.15, -0.1) is 0 Å². The van der Waals surface area contributed by atoms with Crippen molar-refractivity contribution in [2.45, 2.75) is 38.6 Å². The molecule has 0 radical (unpaired) electrons. The van der Waals surface area contributed by atoms with E-state index in [4.69, 9.17) is 5.11 Å². The Hall–Kier alpha value is -1.35. The van der Waals surface area contributed by atoms with Gasteiger partial charge in [0, 0.05) is 6.54 Å². The van der Waals surface area contributed by atoms with Gasteiger partial charge in [0.15, 0.2) is 0 Å². The molecule has 2 rings (SSSR count). The standard InChI is InChI=1S/C16H23NO2/c1-17(10-9-13-5-2-3-6-13)12-14-7-4-8-15(11-14)16(18)19/h4,7-8,11,13H,2-3,5-6,9-10,12H2,1H3,(H,18,19). The van der Waals surface area contributed by atoms with Gasteiger partial charge in [-0.25, -0.2) is 4.79 Å². The number of carboxylic acids is 1. The van der Waals surface area contributed by atoms with E-state index in [0.717, 1.165) is 24.6 Å². The third kappa shape index (κ3) is 4.35. The first kappa shape index (κ1) is 14.1. The van der Waals surface area contributed by atoms with E-state index in [1.807, 2.05) is 12.1 Å². The van der Waals surface area contributed by atoms with E-state index < -0.39 is 5.97 Å². The molecule has 1 aliphatic carbocycles. The van der Waals surface area contributed by atoms with Crippen LogP contribution in [0.15, 0.2) is 24.3 Å². The summed E-state index contributed by atoms with van der Waals surface area (Å²) in [7, 11) is 2.11. The second-order valence-electron chi connectivity index (χ2n) is 5.68. The third-order valence-corrected chi connectivity index (χ3v) is 4.02. The maximum absolute atomic E-state index is 10.9. The molecule has 0 heterocycles. The van der Waals surface area contributed by atoms with E-state index in [1.54, 1.807) is 12.1 Å². The molecule has 1 N–H and O–H groups in total. The molecule has 0 aromatic heterocycles. The van der Waals surface area contributed by atoms with Crippen molar-refractivity contribution in [3.63, 3.8) is 0 Å². The van der Waals surface area contributed by atoms with Crippen LogP contribution in [0.5, 0.6) is 0 Å². The molecular weight excluding hydrogens is 238 g/mol. The van der Waals surface area contributed by atoms with Crippen molar-refractivity contribution >= 4 is 5.97 Å². The summed E-state index contributed by atoms with van der Waals surface area (Å²) in [5, 5.41) is 8.98.